The number of aliphatic carboxylic acids is 1. The molecular weight excluding hydrogens is 624 g/mol. The fourth-order valence-corrected chi connectivity index (χ4v) is 6.26. The number of carbonyl (C=O) groups excluding carboxylic acids is 6. The summed E-state index contributed by atoms with van der Waals surface area (Å²) in [6.45, 7) is 7.34. The molecule has 2 aliphatic heterocycles. The number of benzene rings is 1. The summed E-state index contributed by atoms with van der Waals surface area (Å²) in [5, 5.41) is 21.0. The predicted octanol–water partition coefficient (Wildman–Crippen LogP) is 0.919. The van der Waals surface area contributed by atoms with Crippen LogP contribution in [0, 0.1) is 11.8 Å². The van der Waals surface area contributed by atoms with Gasteiger partial charge in [-0.2, -0.15) is 0 Å². The van der Waals surface area contributed by atoms with E-state index in [9.17, 15) is 38.7 Å². The van der Waals surface area contributed by atoms with Crippen molar-refractivity contribution >= 4 is 52.5 Å². The van der Waals surface area contributed by atoms with Crippen LogP contribution in [0.4, 0.5) is 4.79 Å². The Kier molecular flexibility index (Phi) is 11.4. The second-order valence-corrected chi connectivity index (χ2v) is 13.0. The molecule has 3 heterocycles. The number of rotatable bonds is 7. The fraction of sp³-hybridized carbons (Fsp3) is 0.545. The van der Waals surface area contributed by atoms with Crippen LogP contribution in [0.25, 0.3) is 10.9 Å². The molecule has 1 aromatic heterocycles. The predicted molar refractivity (Wildman–Crippen MR) is 172 cm³/mol. The lowest BCUT2D eigenvalue weighted by atomic mass is 9.98. The molecular formula is C33H44N6O9. The summed E-state index contributed by atoms with van der Waals surface area (Å²) in [6.07, 6.45) is 0.793. The molecule has 2 saturated heterocycles. The van der Waals surface area contributed by atoms with Crippen molar-refractivity contribution in [3.63, 3.8) is 0 Å². The maximum Gasteiger partial charge on any atom is 0.418 e. The van der Waals surface area contributed by atoms with Crippen molar-refractivity contribution in [2.24, 2.45) is 11.8 Å². The number of carbonyl (C=O) groups is 7. The number of carboxylic acids is 1. The van der Waals surface area contributed by atoms with Crippen LogP contribution in [0.2, 0.25) is 0 Å². The number of nitrogens with one attached hydrogen (secondary N) is 4. The average Bonchev–Trinajstić information content (AvgIpc) is 3.66. The molecule has 2 aromatic rings. The zero-order valence-corrected chi connectivity index (χ0v) is 27.8. The molecule has 0 bridgehead atoms. The van der Waals surface area contributed by atoms with Gasteiger partial charge in [0.05, 0.1) is 19.0 Å². The van der Waals surface area contributed by atoms with Crippen LogP contribution in [-0.4, -0.2) is 100 Å². The lowest BCUT2D eigenvalue weighted by Gasteiger charge is -2.30. The standard InChI is InChI=1S/C33H44N6O9/c1-17(2)13-21-28(42)34-22(14-19-16-39(33(47)48-5)24-10-7-6-9-20(19)24)29(43)36-23(15-26(40)41)32(46)38-12-8-11-25(38)30(44)37-27(18(3)4)31(45)35-21/h6-7,9-10,16-18,21-23,25,27H,8,11-15H2,1-5H3,(H,34,42)(H,35,45)(H,36,43)(H,37,44)(H,40,41)/t21-,22+,23+,25-,27+/m0/s1. The Labute approximate surface area is 278 Å². The summed E-state index contributed by atoms with van der Waals surface area (Å²) in [4.78, 5) is 94.5. The van der Waals surface area contributed by atoms with Crippen molar-refractivity contribution in [3.05, 3.63) is 36.0 Å². The van der Waals surface area contributed by atoms with Gasteiger partial charge in [-0.15, -0.1) is 0 Å². The Morgan fingerprint density at radius 1 is 0.896 bits per heavy atom. The molecule has 5 N–H and O–H groups in total. The maximum atomic E-state index is 14.0. The van der Waals surface area contributed by atoms with Gasteiger partial charge in [-0.3, -0.25) is 33.3 Å². The summed E-state index contributed by atoms with van der Waals surface area (Å²) >= 11 is 0. The molecule has 0 aliphatic carbocycles. The van der Waals surface area contributed by atoms with Gasteiger partial charge < -0.3 is 36.0 Å². The number of carboxylic acid groups (broad SMARTS) is 1. The van der Waals surface area contributed by atoms with Crippen LogP contribution in [0.5, 0.6) is 0 Å². The molecule has 0 radical (unpaired) electrons. The minimum absolute atomic E-state index is 0.0647. The van der Waals surface area contributed by atoms with Crippen molar-refractivity contribution in [1.82, 2.24) is 30.7 Å². The number of methoxy groups -OCH3 is 1. The van der Waals surface area contributed by atoms with E-state index in [1.807, 2.05) is 13.8 Å². The zero-order chi connectivity index (χ0) is 35.3. The minimum Gasteiger partial charge on any atom is -0.481 e. The number of para-hydroxylation sites is 1. The number of nitrogens with zero attached hydrogens (tertiary/aromatic N) is 2. The topological polar surface area (TPSA) is 205 Å². The molecule has 0 unspecified atom stereocenters. The van der Waals surface area contributed by atoms with Crippen LogP contribution >= 0.6 is 0 Å². The lowest BCUT2D eigenvalue weighted by molar-refractivity contribution is -0.146. The minimum atomic E-state index is -1.56. The molecule has 5 amide bonds. The third kappa shape index (κ3) is 8.12. The molecule has 1 aromatic carbocycles. The normalized spacial score (nSPS) is 24.4. The van der Waals surface area contributed by atoms with Gasteiger partial charge >= 0.3 is 12.1 Å². The van der Waals surface area contributed by atoms with E-state index in [4.69, 9.17) is 4.74 Å². The third-order valence-corrected chi connectivity index (χ3v) is 8.64. The summed E-state index contributed by atoms with van der Waals surface area (Å²) in [5.74, 6) is -5.33. The first-order chi connectivity index (χ1) is 22.7. The summed E-state index contributed by atoms with van der Waals surface area (Å²) in [5.41, 5.74) is 0.971. The molecule has 2 fully saturated rings. The van der Waals surface area contributed by atoms with E-state index in [1.54, 1.807) is 38.1 Å². The van der Waals surface area contributed by atoms with E-state index < -0.39 is 78.2 Å². The monoisotopic (exact) mass is 668 g/mol. The van der Waals surface area contributed by atoms with Crippen molar-refractivity contribution in [3.8, 4) is 0 Å². The van der Waals surface area contributed by atoms with E-state index in [0.29, 0.717) is 22.9 Å². The van der Waals surface area contributed by atoms with Crippen molar-refractivity contribution in [1.29, 1.82) is 0 Å². The lowest BCUT2D eigenvalue weighted by Crippen LogP contribution is -2.59. The Hall–Kier alpha value is -4.95. The second kappa shape index (κ2) is 15.3. The smallest absolute Gasteiger partial charge is 0.418 e. The summed E-state index contributed by atoms with van der Waals surface area (Å²) in [7, 11) is 1.23. The second-order valence-electron chi connectivity index (χ2n) is 13.0. The molecule has 5 atom stereocenters. The van der Waals surface area contributed by atoms with E-state index in [1.165, 1.54) is 22.8 Å². The Morgan fingerprint density at radius 2 is 1.54 bits per heavy atom. The summed E-state index contributed by atoms with van der Waals surface area (Å²) < 4.78 is 6.17. The highest BCUT2D eigenvalue weighted by Gasteiger charge is 2.41. The highest BCUT2D eigenvalue weighted by Crippen LogP contribution is 2.24. The van der Waals surface area contributed by atoms with Gasteiger partial charge in [-0.05, 0) is 42.7 Å². The van der Waals surface area contributed by atoms with Gasteiger partial charge in [0.2, 0.25) is 29.5 Å². The van der Waals surface area contributed by atoms with E-state index >= 15 is 0 Å². The van der Waals surface area contributed by atoms with Gasteiger partial charge in [0.25, 0.3) is 0 Å². The van der Waals surface area contributed by atoms with Gasteiger partial charge in [-0.1, -0.05) is 45.9 Å². The highest BCUT2D eigenvalue weighted by molar-refractivity contribution is 5.99. The quantitative estimate of drug-likeness (QED) is 0.284. The van der Waals surface area contributed by atoms with Crippen molar-refractivity contribution in [2.45, 2.75) is 90.0 Å². The fourth-order valence-electron chi connectivity index (χ4n) is 6.26. The SMILES string of the molecule is COC(=O)n1cc(C[C@H]2NC(=O)[C@H](CC(C)C)NC(=O)[C@@H](C(C)C)NC(=O)[C@@H]3CCCN3C(=O)[C@@H](CC(=O)O)NC2=O)c2ccccc21. The maximum absolute atomic E-state index is 14.0. The molecule has 2 aliphatic rings. The molecule has 260 valence electrons. The number of amides is 5. The Morgan fingerprint density at radius 3 is 2.19 bits per heavy atom. The Bertz CT molecular complexity index is 1580. The molecule has 0 saturated carbocycles. The molecule has 15 heteroatoms. The van der Waals surface area contributed by atoms with Gasteiger partial charge in [0.15, 0.2) is 0 Å². The van der Waals surface area contributed by atoms with E-state index in [2.05, 4.69) is 21.3 Å². The largest absolute Gasteiger partial charge is 0.481 e. The number of hydrogen-bond donors (Lipinski definition) is 5. The number of fused-ring (bicyclic) bond motifs is 2. The van der Waals surface area contributed by atoms with Crippen LogP contribution in [0.15, 0.2) is 30.5 Å². The van der Waals surface area contributed by atoms with Crippen LogP contribution in [-0.2, 0) is 39.9 Å². The number of aromatic nitrogens is 1. The van der Waals surface area contributed by atoms with Crippen LogP contribution in [0.1, 0.15) is 58.9 Å². The first kappa shape index (κ1) is 35.9. The number of hydrogen-bond acceptors (Lipinski definition) is 8. The number of ether oxygens (including phenoxy) is 1. The molecule has 15 nitrogen and oxygen atoms in total. The van der Waals surface area contributed by atoms with E-state index in [-0.39, 0.29) is 37.6 Å². The van der Waals surface area contributed by atoms with Gasteiger partial charge in [-0.25, -0.2) is 4.79 Å². The summed E-state index contributed by atoms with van der Waals surface area (Å²) in [6, 6.07) is 0.820. The molecule has 4 rings (SSSR count). The van der Waals surface area contributed by atoms with E-state index in [0.717, 1.165) is 0 Å². The third-order valence-electron chi connectivity index (χ3n) is 8.64. The van der Waals surface area contributed by atoms with Crippen LogP contribution < -0.4 is 21.3 Å². The average molecular weight is 669 g/mol. The first-order valence-corrected chi connectivity index (χ1v) is 16.1. The van der Waals surface area contributed by atoms with Crippen molar-refractivity contribution < 1.29 is 43.4 Å². The molecule has 0 spiro atoms. The Balaban J connectivity index is 1.81. The molecule has 48 heavy (non-hydrogen) atoms. The highest BCUT2D eigenvalue weighted by atomic mass is 16.5. The van der Waals surface area contributed by atoms with Crippen LogP contribution in [0.3, 0.4) is 0 Å². The van der Waals surface area contributed by atoms with Gasteiger partial charge in [0.1, 0.15) is 30.2 Å². The first-order valence-electron chi connectivity index (χ1n) is 16.1. The zero-order valence-electron chi connectivity index (χ0n) is 27.8. The van der Waals surface area contributed by atoms with Crippen molar-refractivity contribution in [2.75, 3.05) is 13.7 Å². The van der Waals surface area contributed by atoms with Gasteiger partial charge in [0, 0.05) is 24.5 Å².